The third-order valence-electron chi connectivity index (χ3n) is 3.93. The maximum Gasteiger partial charge on any atom is 0.323 e. The number of amides is 3. The molecule has 0 aromatic carbocycles. The van der Waals surface area contributed by atoms with Crippen LogP contribution in [0.15, 0.2) is 28.9 Å². The van der Waals surface area contributed by atoms with Crippen LogP contribution in [0.5, 0.6) is 0 Å². The molecule has 2 aromatic rings. The minimum atomic E-state index is -0.201. The van der Waals surface area contributed by atoms with Crippen LogP contribution in [-0.4, -0.2) is 57.7 Å². The SMILES string of the molecule is Cc1cc(NC(=O)N2CCN(C(=O)c3ccco3)CC2)nn1C. The molecular formula is C15H19N5O3. The first-order valence-corrected chi connectivity index (χ1v) is 7.44. The zero-order valence-electron chi connectivity index (χ0n) is 13.2. The topological polar surface area (TPSA) is 83.6 Å². The molecule has 1 aliphatic rings. The summed E-state index contributed by atoms with van der Waals surface area (Å²) in [6, 6.07) is 4.94. The van der Waals surface area contributed by atoms with Gasteiger partial charge in [-0.2, -0.15) is 5.10 Å². The predicted molar refractivity (Wildman–Crippen MR) is 83.1 cm³/mol. The highest BCUT2D eigenvalue weighted by Crippen LogP contribution is 2.12. The van der Waals surface area contributed by atoms with Crippen molar-refractivity contribution < 1.29 is 14.0 Å². The first-order chi connectivity index (χ1) is 11.0. The van der Waals surface area contributed by atoms with Gasteiger partial charge in [0, 0.05) is 45.0 Å². The van der Waals surface area contributed by atoms with Gasteiger partial charge in [0.2, 0.25) is 0 Å². The van der Waals surface area contributed by atoms with Crippen molar-refractivity contribution in [2.75, 3.05) is 31.5 Å². The van der Waals surface area contributed by atoms with E-state index in [1.165, 1.54) is 6.26 Å². The van der Waals surface area contributed by atoms with E-state index in [1.807, 2.05) is 20.0 Å². The van der Waals surface area contributed by atoms with Gasteiger partial charge in [0.25, 0.3) is 5.91 Å². The number of rotatable bonds is 2. The van der Waals surface area contributed by atoms with Crippen molar-refractivity contribution in [2.45, 2.75) is 6.92 Å². The van der Waals surface area contributed by atoms with Crippen LogP contribution in [0, 0.1) is 6.92 Å². The zero-order valence-corrected chi connectivity index (χ0v) is 13.2. The van der Waals surface area contributed by atoms with Gasteiger partial charge in [-0.05, 0) is 19.1 Å². The molecular weight excluding hydrogens is 298 g/mol. The number of piperazine rings is 1. The molecule has 0 spiro atoms. The van der Waals surface area contributed by atoms with Crippen LogP contribution in [0.2, 0.25) is 0 Å². The van der Waals surface area contributed by atoms with E-state index in [9.17, 15) is 9.59 Å². The highest BCUT2D eigenvalue weighted by molar-refractivity contribution is 5.92. The van der Waals surface area contributed by atoms with E-state index >= 15 is 0 Å². The molecule has 0 bridgehead atoms. The molecule has 8 nitrogen and oxygen atoms in total. The Morgan fingerprint density at radius 2 is 1.91 bits per heavy atom. The van der Waals surface area contributed by atoms with Crippen LogP contribution in [-0.2, 0) is 7.05 Å². The third kappa shape index (κ3) is 3.20. The molecule has 3 amide bonds. The lowest BCUT2D eigenvalue weighted by Gasteiger charge is -2.34. The summed E-state index contributed by atoms with van der Waals surface area (Å²) < 4.78 is 6.82. The van der Waals surface area contributed by atoms with Crippen LogP contribution in [0.25, 0.3) is 0 Å². The summed E-state index contributed by atoms with van der Waals surface area (Å²) in [5, 5.41) is 6.98. The molecule has 3 rings (SSSR count). The number of anilines is 1. The van der Waals surface area contributed by atoms with E-state index in [4.69, 9.17) is 4.42 Å². The Labute approximate surface area is 133 Å². The highest BCUT2D eigenvalue weighted by Gasteiger charge is 2.26. The fraction of sp³-hybridized carbons (Fsp3) is 0.400. The van der Waals surface area contributed by atoms with Gasteiger partial charge in [0.15, 0.2) is 11.6 Å². The number of carbonyl (C=O) groups is 2. The summed E-state index contributed by atoms with van der Waals surface area (Å²) >= 11 is 0. The second-order valence-corrected chi connectivity index (χ2v) is 5.48. The quantitative estimate of drug-likeness (QED) is 0.905. The zero-order chi connectivity index (χ0) is 16.4. The Morgan fingerprint density at radius 3 is 2.48 bits per heavy atom. The largest absolute Gasteiger partial charge is 0.459 e. The average Bonchev–Trinajstić information content (AvgIpc) is 3.17. The van der Waals surface area contributed by atoms with E-state index in [2.05, 4.69) is 10.4 Å². The van der Waals surface area contributed by atoms with Crippen LogP contribution in [0.1, 0.15) is 16.2 Å². The summed E-state index contributed by atoms with van der Waals surface area (Å²) in [5.74, 6) is 0.714. The van der Waals surface area contributed by atoms with Crippen molar-refractivity contribution >= 4 is 17.8 Å². The van der Waals surface area contributed by atoms with Gasteiger partial charge in [-0.1, -0.05) is 0 Å². The van der Waals surface area contributed by atoms with Crippen molar-refractivity contribution in [1.29, 1.82) is 0 Å². The number of furan rings is 1. The van der Waals surface area contributed by atoms with E-state index < -0.39 is 0 Å². The average molecular weight is 317 g/mol. The highest BCUT2D eigenvalue weighted by atomic mass is 16.3. The van der Waals surface area contributed by atoms with Crippen molar-refractivity contribution in [3.63, 3.8) is 0 Å². The van der Waals surface area contributed by atoms with Gasteiger partial charge in [-0.3, -0.25) is 14.8 Å². The number of hydrogen-bond donors (Lipinski definition) is 1. The smallest absolute Gasteiger partial charge is 0.323 e. The normalized spacial score (nSPS) is 14.9. The van der Waals surface area contributed by atoms with Crippen molar-refractivity contribution in [3.05, 3.63) is 35.9 Å². The van der Waals surface area contributed by atoms with Gasteiger partial charge in [-0.25, -0.2) is 4.79 Å². The monoisotopic (exact) mass is 317 g/mol. The number of carbonyl (C=O) groups excluding carboxylic acids is 2. The second-order valence-electron chi connectivity index (χ2n) is 5.48. The Kier molecular flexibility index (Phi) is 4.05. The van der Waals surface area contributed by atoms with Gasteiger partial charge >= 0.3 is 6.03 Å². The fourth-order valence-corrected chi connectivity index (χ4v) is 2.48. The van der Waals surface area contributed by atoms with Crippen LogP contribution < -0.4 is 5.32 Å². The molecule has 8 heteroatoms. The number of urea groups is 1. The Morgan fingerprint density at radius 1 is 1.22 bits per heavy atom. The number of aryl methyl sites for hydroxylation is 2. The lowest BCUT2D eigenvalue weighted by atomic mass is 10.3. The van der Waals surface area contributed by atoms with Crippen LogP contribution >= 0.6 is 0 Å². The number of nitrogens with zero attached hydrogens (tertiary/aromatic N) is 4. The molecule has 1 saturated heterocycles. The van der Waals surface area contributed by atoms with E-state index in [0.717, 1.165) is 5.69 Å². The first-order valence-electron chi connectivity index (χ1n) is 7.44. The second kappa shape index (κ2) is 6.15. The number of aromatic nitrogens is 2. The number of hydrogen-bond acceptors (Lipinski definition) is 4. The van der Waals surface area contributed by atoms with Gasteiger partial charge in [0.1, 0.15) is 0 Å². The molecule has 2 aromatic heterocycles. The van der Waals surface area contributed by atoms with E-state index in [1.54, 1.807) is 26.6 Å². The predicted octanol–water partition coefficient (Wildman–Crippen LogP) is 1.31. The van der Waals surface area contributed by atoms with E-state index in [-0.39, 0.29) is 11.9 Å². The molecule has 0 unspecified atom stereocenters. The van der Waals surface area contributed by atoms with Crippen LogP contribution in [0.4, 0.5) is 10.6 Å². The molecule has 23 heavy (non-hydrogen) atoms. The fourth-order valence-electron chi connectivity index (χ4n) is 2.48. The van der Waals surface area contributed by atoms with Gasteiger partial charge < -0.3 is 14.2 Å². The first kappa shape index (κ1) is 15.1. The van der Waals surface area contributed by atoms with Gasteiger partial charge in [0.05, 0.1) is 6.26 Å². The van der Waals surface area contributed by atoms with Crippen LogP contribution in [0.3, 0.4) is 0 Å². The third-order valence-corrected chi connectivity index (χ3v) is 3.93. The molecule has 0 saturated carbocycles. The summed E-state index contributed by atoms with van der Waals surface area (Å²) in [5.41, 5.74) is 0.967. The molecule has 0 radical (unpaired) electrons. The van der Waals surface area contributed by atoms with Crippen molar-refractivity contribution in [1.82, 2.24) is 19.6 Å². The summed E-state index contributed by atoms with van der Waals surface area (Å²) in [6.45, 7) is 3.83. The molecule has 3 heterocycles. The van der Waals surface area contributed by atoms with Crippen molar-refractivity contribution in [2.24, 2.45) is 7.05 Å². The van der Waals surface area contributed by atoms with Crippen molar-refractivity contribution in [3.8, 4) is 0 Å². The molecule has 1 fully saturated rings. The molecule has 1 aliphatic heterocycles. The maximum absolute atomic E-state index is 12.2. The minimum absolute atomic E-state index is 0.143. The molecule has 0 atom stereocenters. The molecule has 122 valence electrons. The van der Waals surface area contributed by atoms with Gasteiger partial charge in [-0.15, -0.1) is 0 Å². The Bertz CT molecular complexity index is 679. The summed E-state index contributed by atoms with van der Waals surface area (Å²) in [7, 11) is 1.82. The Balaban J connectivity index is 1.54. The molecule has 0 aliphatic carbocycles. The lowest BCUT2D eigenvalue weighted by Crippen LogP contribution is -2.51. The molecule has 1 N–H and O–H groups in total. The lowest BCUT2D eigenvalue weighted by molar-refractivity contribution is 0.0640. The maximum atomic E-state index is 12.2. The van der Waals surface area contributed by atoms with E-state index in [0.29, 0.717) is 37.8 Å². The standard InChI is InChI=1S/C15H19N5O3/c1-11-10-13(17-18(11)2)16-15(22)20-7-5-19(6-8-20)14(21)12-4-3-9-23-12/h3-4,9-10H,5-8H2,1-2H3,(H,16,17,22). The number of nitrogens with one attached hydrogen (secondary N) is 1. The summed E-state index contributed by atoms with van der Waals surface area (Å²) in [4.78, 5) is 27.8. The Hall–Kier alpha value is -2.77. The summed E-state index contributed by atoms with van der Waals surface area (Å²) in [6.07, 6.45) is 1.48. The minimum Gasteiger partial charge on any atom is -0.459 e.